The Balaban J connectivity index is 3.05. The van der Waals surface area contributed by atoms with Crippen LogP contribution in [0.15, 0.2) is 0 Å². The number of unbranched alkanes of at least 4 members (excludes halogenated alkanes) is 1. The highest BCUT2D eigenvalue weighted by Gasteiger charge is 1.98. The molecule has 0 aliphatic heterocycles. The summed E-state index contributed by atoms with van der Waals surface area (Å²) >= 11 is 0. The molecule has 0 radical (unpaired) electrons. The summed E-state index contributed by atoms with van der Waals surface area (Å²) in [5.74, 6) is 2.59. The van der Waals surface area contributed by atoms with E-state index in [9.17, 15) is 0 Å². The molecule has 0 aliphatic rings. The Bertz CT molecular complexity index is 113. The van der Waals surface area contributed by atoms with Gasteiger partial charge in [0, 0.05) is 13.0 Å². The van der Waals surface area contributed by atoms with Crippen LogP contribution in [0.5, 0.6) is 0 Å². The van der Waals surface area contributed by atoms with Gasteiger partial charge in [-0.15, -0.1) is 12.3 Å². The molecule has 11 heavy (non-hydrogen) atoms. The molecule has 64 valence electrons. The Labute approximate surface area is 70.1 Å². The molecule has 0 amide bonds. The molecule has 1 atom stereocenters. The molecule has 0 saturated carbocycles. The average Bonchev–Trinajstić information content (AvgIpc) is 1.99. The lowest BCUT2D eigenvalue weighted by Crippen LogP contribution is -2.08. The van der Waals surface area contributed by atoms with E-state index in [1.807, 2.05) is 0 Å². The molecule has 0 aromatic carbocycles. The van der Waals surface area contributed by atoms with E-state index in [0.29, 0.717) is 6.10 Å². The van der Waals surface area contributed by atoms with Crippen molar-refractivity contribution in [3.8, 4) is 12.3 Å². The third kappa shape index (κ3) is 7.42. The van der Waals surface area contributed by atoms with Gasteiger partial charge in [-0.05, 0) is 19.8 Å². The summed E-state index contributed by atoms with van der Waals surface area (Å²) in [5, 5.41) is 0. The summed E-state index contributed by atoms with van der Waals surface area (Å²) in [5.41, 5.74) is 0. The predicted octanol–water partition coefficient (Wildman–Crippen LogP) is 2.61. The molecule has 1 heteroatoms. The van der Waals surface area contributed by atoms with Crippen molar-refractivity contribution >= 4 is 0 Å². The lowest BCUT2D eigenvalue weighted by molar-refractivity contribution is 0.0589. The molecule has 0 heterocycles. The molecule has 0 aromatic heterocycles. The quantitative estimate of drug-likeness (QED) is 0.422. The van der Waals surface area contributed by atoms with E-state index in [1.54, 1.807) is 0 Å². The number of rotatable bonds is 6. The van der Waals surface area contributed by atoms with Gasteiger partial charge in [0.1, 0.15) is 0 Å². The summed E-state index contributed by atoms with van der Waals surface area (Å²) in [6, 6.07) is 0. The van der Waals surface area contributed by atoms with E-state index in [2.05, 4.69) is 19.8 Å². The normalized spacial score (nSPS) is 12.5. The topological polar surface area (TPSA) is 9.23 Å². The highest BCUT2D eigenvalue weighted by atomic mass is 16.5. The predicted molar refractivity (Wildman–Crippen MR) is 48.4 cm³/mol. The van der Waals surface area contributed by atoms with E-state index >= 15 is 0 Å². The van der Waals surface area contributed by atoms with Gasteiger partial charge in [0.2, 0.25) is 0 Å². The highest BCUT2D eigenvalue weighted by molar-refractivity contribution is 4.82. The molecule has 0 saturated heterocycles. The van der Waals surface area contributed by atoms with Gasteiger partial charge < -0.3 is 4.74 Å². The smallest absolute Gasteiger partial charge is 0.0546 e. The number of hydrogen-bond donors (Lipinski definition) is 0. The highest BCUT2D eigenvalue weighted by Crippen LogP contribution is 2.01. The molecule has 1 unspecified atom stereocenters. The molecule has 0 rings (SSSR count). The van der Waals surface area contributed by atoms with Crippen molar-refractivity contribution in [3.63, 3.8) is 0 Å². The van der Waals surface area contributed by atoms with Crippen molar-refractivity contribution in [2.75, 3.05) is 6.61 Å². The zero-order chi connectivity index (χ0) is 8.53. The standard InChI is InChI=1S/C10H18O/c1-4-6-7-9-11-10(3)8-5-2/h1,10H,5-9H2,2-3H3. The summed E-state index contributed by atoms with van der Waals surface area (Å²) < 4.78 is 5.49. The van der Waals surface area contributed by atoms with E-state index in [0.717, 1.165) is 25.9 Å². The third-order valence-corrected chi connectivity index (χ3v) is 1.56. The lowest BCUT2D eigenvalue weighted by Gasteiger charge is -2.10. The average molecular weight is 154 g/mol. The number of hydrogen-bond acceptors (Lipinski definition) is 1. The molecular formula is C10H18O. The summed E-state index contributed by atoms with van der Waals surface area (Å²) in [6.45, 7) is 5.09. The second-order valence-corrected chi connectivity index (χ2v) is 2.78. The Hall–Kier alpha value is -0.480. The van der Waals surface area contributed by atoms with Crippen molar-refractivity contribution in [2.45, 2.75) is 45.6 Å². The van der Waals surface area contributed by atoms with Gasteiger partial charge in [0.05, 0.1) is 6.10 Å². The Morgan fingerprint density at radius 1 is 1.55 bits per heavy atom. The zero-order valence-electron chi connectivity index (χ0n) is 7.60. The Morgan fingerprint density at radius 2 is 2.27 bits per heavy atom. The molecule has 0 bridgehead atoms. The summed E-state index contributed by atoms with van der Waals surface area (Å²) in [7, 11) is 0. The molecule has 0 spiro atoms. The van der Waals surface area contributed by atoms with Crippen LogP contribution in [0.2, 0.25) is 0 Å². The van der Waals surface area contributed by atoms with Crippen molar-refractivity contribution < 1.29 is 4.74 Å². The fourth-order valence-corrected chi connectivity index (χ4v) is 0.949. The van der Waals surface area contributed by atoms with Gasteiger partial charge >= 0.3 is 0 Å². The van der Waals surface area contributed by atoms with Crippen molar-refractivity contribution in [2.24, 2.45) is 0 Å². The molecule has 0 aliphatic carbocycles. The first-order chi connectivity index (χ1) is 5.31. The van der Waals surface area contributed by atoms with Gasteiger partial charge in [0.15, 0.2) is 0 Å². The van der Waals surface area contributed by atoms with E-state index in [4.69, 9.17) is 11.2 Å². The van der Waals surface area contributed by atoms with Crippen LogP contribution in [0, 0.1) is 12.3 Å². The molecule has 1 nitrogen and oxygen atoms in total. The fourth-order valence-electron chi connectivity index (χ4n) is 0.949. The third-order valence-electron chi connectivity index (χ3n) is 1.56. The van der Waals surface area contributed by atoms with Crippen LogP contribution in [0.1, 0.15) is 39.5 Å². The first kappa shape index (κ1) is 10.5. The number of terminal acetylenes is 1. The minimum Gasteiger partial charge on any atom is -0.378 e. The van der Waals surface area contributed by atoms with Crippen LogP contribution in [-0.2, 0) is 4.74 Å². The SMILES string of the molecule is C#CCCCOC(C)CCC. The zero-order valence-corrected chi connectivity index (χ0v) is 7.60. The van der Waals surface area contributed by atoms with Crippen molar-refractivity contribution in [1.82, 2.24) is 0 Å². The van der Waals surface area contributed by atoms with Gasteiger partial charge in [-0.1, -0.05) is 13.3 Å². The fraction of sp³-hybridized carbons (Fsp3) is 0.800. The molecule has 0 fully saturated rings. The maximum Gasteiger partial charge on any atom is 0.0546 e. The van der Waals surface area contributed by atoms with Crippen molar-refractivity contribution in [1.29, 1.82) is 0 Å². The lowest BCUT2D eigenvalue weighted by atomic mass is 10.2. The van der Waals surface area contributed by atoms with Gasteiger partial charge in [-0.2, -0.15) is 0 Å². The van der Waals surface area contributed by atoms with Crippen LogP contribution >= 0.6 is 0 Å². The minimum absolute atomic E-state index is 0.401. The minimum atomic E-state index is 0.401. The van der Waals surface area contributed by atoms with Crippen molar-refractivity contribution in [3.05, 3.63) is 0 Å². The van der Waals surface area contributed by atoms with Crippen LogP contribution in [-0.4, -0.2) is 12.7 Å². The van der Waals surface area contributed by atoms with Crippen LogP contribution < -0.4 is 0 Å². The van der Waals surface area contributed by atoms with Crippen LogP contribution in [0.3, 0.4) is 0 Å². The molecule has 0 aromatic rings. The van der Waals surface area contributed by atoms with Gasteiger partial charge in [-0.3, -0.25) is 0 Å². The molecular weight excluding hydrogens is 136 g/mol. The summed E-state index contributed by atoms with van der Waals surface area (Å²) in [4.78, 5) is 0. The first-order valence-corrected chi connectivity index (χ1v) is 4.36. The maximum absolute atomic E-state index is 5.49. The van der Waals surface area contributed by atoms with E-state index in [1.165, 1.54) is 6.42 Å². The van der Waals surface area contributed by atoms with Crippen LogP contribution in [0.25, 0.3) is 0 Å². The summed E-state index contributed by atoms with van der Waals surface area (Å²) in [6.07, 6.45) is 9.66. The van der Waals surface area contributed by atoms with E-state index < -0.39 is 0 Å². The number of ether oxygens (including phenoxy) is 1. The van der Waals surface area contributed by atoms with E-state index in [-0.39, 0.29) is 0 Å². The second kappa shape index (κ2) is 7.63. The second-order valence-electron chi connectivity index (χ2n) is 2.78. The Kier molecular flexibility index (Phi) is 7.29. The molecule has 0 N–H and O–H groups in total. The maximum atomic E-state index is 5.49. The largest absolute Gasteiger partial charge is 0.378 e. The Morgan fingerprint density at radius 3 is 2.82 bits per heavy atom. The van der Waals surface area contributed by atoms with Gasteiger partial charge in [-0.25, -0.2) is 0 Å². The monoisotopic (exact) mass is 154 g/mol. The first-order valence-electron chi connectivity index (χ1n) is 4.36. The van der Waals surface area contributed by atoms with Gasteiger partial charge in [0.25, 0.3) is 0 Å². The van der Waals surface area contributed by atoms with Crippen LogP contribution in [0.4, 0.5) is 0 Å².